The molecule has 2 N–H and O–H groups in total. The quantitative estimate of drug-likeness (QED) is 0.616. The van der Waals surface area contributed by atoms with Crippen LogP contribution >= 0.6 is 0 Å². The van der Waals surface area contributed by atoms with E-state index in [0.717, 1.165) is 0 Å². The predicted octanol–water partition coefficient (Wildman–Crippen LogP) is 2.93. The highest BCUT2D eigenvalue weighted by Gasteiger charge is 2.19. The largest absolute Gasteiger partial charge is 0.496 e. The summed E-state index contributed by atoms with van der Waals surface area (Å²) in [7, 11) is 1.44. The second kappa shape index (κ2) is 7.66. The van der Waals surface area contributed by atoms with Gasteiger partial charge in [0.15, 0.2) is 0 Å². The number of hydrogen-bond acceptors (Lipinski definition) is 6. The van der Waals surface area contributed by atoms with Gasteiger partial charge in [0, 0.05) is 12.6 Å². The van der Waals surface area contributed by atoms with Crippen LogP contribution in [0.2, 0.25) is 0 Å². The number of nitrogens with one attached hydrogen (secondary N) is 2. The van der Waals surface area contributed by atoms with Crippen LogP contribution in [0.4, 0.5) is 16.2 Å². The summed E-state index contributed by atoms with van der Waals surface area (Å²) in [5, 5.41) is 16.7. The molecule has 0 aliphatic rings. The Morgan fingerprint density at radius 1 is 1.39 bits per heavy atom. The van der Waals surface area contributed by atoms with Gasteiger partial charge in [0.1, 0.15) is 17.0 Å². The van der Waals surface area contributed by atoms with Gasteiger partial charge in [-0.15, -0.1) is 0 Å². The maximum Gasteiger partial charge on any atom is 0.407 e. The molecule has 1 atom stereocenters. The van der Waals surface area contributed by atoms with Gasteiger partial charge >= 0.3 is 6.09 Å². The van der Waals surface area contributed by atoms with Crippen LogP contribution in [-0.2, 0) is 4.74 Å². The number of carbonyl (C=O) groups excluding carboxylic acids is 1. The van der Waals surface area contributed by atoms with Crippen molar-refractivity contribution in [1.82, 2.24) is 5.32 Å². The molecule has 0 fully saturated rings. The molecule has 0 aliphatic carbocycles. The summed E-state index contributed by atoms with van der Waals surface area (Å²) in [6.45, 7) is 7.38. The number of alkyl carbamates (subject to hydrolysis) is 1. The molecule has 0 aliphatic heterocycles. The molecule has 0 bridgehead atoms. The van der Waals surface area contributed by atoms with Gasteiger partial charge in [-0.2, -0.15) is 0 Å². The molecule has 1 aromatic carbocycles. The van der Waals surface area contributed by atoms with Crippen molar-refractivity contribution in [1.29, 1.82) is 0 Å². The van der Waals surface area contributed by atoms with E-state index in [-0.39, 0.29) is 18.3 Å². The normalized spacial score (nSPS) is 12.2. The van der Waals surface area contributed by atoms with Crippen LogP contribution in [0.3, 0.4) is 0 Å². The number of ether oxygens (including phenoxy) is 2. The highest BCUT2D eigenvalue weighted by Crippen LogP contribution is 2.29. The van der Waals surface area contributed by atoms with E-state index >= 15 is 0 Å². The van der Waals surface area contributed by atoms with Crippen LogP contribution in [0.15, 0.2) is 18.2 Å². The van der Waals surface area contributed by atoms with Crippen LogP contribution in [-0.4, -0.2) is 36.3 Å². The topological polar surface area (TPSA) is 103 Å². The number of nitro benzene ring substituents is 1. The van der Waals surface area contributed by atoms with E-state index < -0.39 is 16.6 Å². The van der Waals surface area contributed by atoms with Crippen LogP contribution < -0.4 is 15.4 Å². The molecular formula is C15H23N3O5. The third kappa shape index (κ3) is 6.41. The van der Waals surface area contributed by atoms with Crippen molar-refractivity contribution in [2.75, 3.05) is 19.0 Å². The van der Waals surface area contributed by atoms with E-state index in [0.29, 0.717) is 11.4 Å². The predicted molar refractivity (Wildman–Crippen MR) is 87.0 cm³/mol. The molecule has 1 amide bonds. The molecule has 1 rings (SSSR count). The lowest BCUT2D eigenvalue weighted by Gasteiger charge is -2.21. The first-order valence-corrected chi connectivity index (χ1v) is 7.18. The lowest BCUT2D eigenvalue weighted by Crippen LogP contribution is -2.38. The minimum Gasteiger partial charge on any atom is -0.496 e. The van der Waals surface area contributed by atoms with E-state index in [1.807, 2.05) is 0 Å². The number of nitro groups is 1. The Kier molecular flexibility index (Phi) is 6.18. The van der Waals surface area contributed by atoms with Crippen molar-refractivity contribution >= 4 is 17.5 Å². The SMILES string of the molecule is COc1ccc(NC(C)CNC(=O)OC(C)(C)C)c([N+](=O)[O-])c1. The molecule has 8 heteroatoms. The van der Waals surface area contributed by atoms with Gasteiger partial charge in [0.05, 0.1) is 18.1 Å². The number of benzene rings is 1. The van der Waals surface area contributed by atoms with Gasteiger partial charge in [-0.3, -0.25) is 10.1 Å². The van der Waals surface area contributed by atoms with Gasteiger partial charge in [-0.05, 0) is 39.8 Å². The second-order valence-electron chi connectivity index (χ2n) is 6.07. The molecule has 0 aromatic heterocycles. The Hall–Kier alpha value is -2.51. The number of carbonyl (C=O) groups is 1. The zero-order valence-electron chi connectivity index (χ0n) is 14.0. The second-order valence-corrected chi connectivity index (χ2v) is 6.07. The van der Waals surface area contributed by atoms with Crippen molar-refractivity contribution in [3.63, 3.8) is 0 Å². The highest BCUT2D eigenvalue weighted by molar-refractivity contribution is 5.68. The number of nitrogens with zero attached hydrogens (tertiary/aromatic N) is 1. The molecule has 0 radical (unpaired) electrons. The maximum absolute atomic E-state index is 11.6. The number of amides is 1. The van der Waals surface area contributed by atoms with E-state index in [1.165, 1.54) is 13.2 Å². The Morgan fingerprint density at radius 3 is 2.57 bits per heavy atom. The number of hydrogen-bond donors (Lipinski definition) is 2. The summed E-state index contributed by atoms with van der Waals surface area (Å²) >= 11 is 0. The third-order valence-corrected chi connectivity index (χ3v) is 2.75. The first kappa shape index (κ1) is 18.5. The van der Waals surface area contributed by atoms with E-state index in [2.05, 4.69) is 10.6 Å². The Balaban J connectivity index is 2.65. The first-order chi connectivity index (χ1) is 10.6. The highest BCUT2D eigenvalue weighted by atomic mass is 16.6. The van der Waals surface area contributed by atoms with E-state index in [1.54, 1.807) is 39.8 Å². The maximum atomic E-state index is 11.6. The van der Waals surface area contributed by atoms with Gasteiger partial charge in [-0.1, -0.05) is 0 Å². The van der Waals surface area contributed by atoms with Crippen LogP contribution in [0.25, 0.3) is 0 Å². The van der Waals surface area contributed by atoms with Crippen molar-refractivity contribution in [3.8, 4) is 5.75 Å². The number of anilines is 1. The molecule has 23 heavy (non-hydrogen) atoms. The monoisotopic (exact) mass is 325 g/mol. The molecule has 1 unspecified atom stereocenters. The van der Waals surface area contributed by atoms with Crippen LogP contribution in [0, 0.1) is 10.1 Å². The summed E-state index contributed by atoms with van der Waals surface area (Å²) in [6.07, 6.45) is -0.532. The molecule has 0 saturated heterocycles. The van der Waals surface area contributed by atoms with Gasteiger partial charge in [-0.25, -0.2) is 4.79 Å². The van der Waals surface area contributed by atoms with Gasteiger partial charge in [0.25, 0.3) is 5.69 Å². The van der Waals surface area contributed by atoms with Crippen LogP contribution in [0.5, 0.6) is 5.75 Å². The molecule has 0 saturated carbocycles. The molecular weight excluding hydrogens is 302 g/mol. The number of rotatable bonds is 6. The van der Waals surface area contributed by atoms with E-state index in [4.69, 9.17) is 9.47 Å². The zero-order chi connectivity index (χ0) is 17.6. The standard InChI is InChI=1S/C15H23N3O5/c1-10(9-16-14(19)23-15(2,3)4)17-12-7-6-11(22-5)8-13(12)18(20)21/h6-8,10,17H,9H2,1-5H3,(H,16,19). The molecule has 128 valence electrons. The lowest BCUT2D eigenvalue weighted by molar-refractivity contribution is -0.384. The average Bonchev–Trinajstić information content (AvgIpc) is 2.43. The smallest absolute Gasteiger partial charge is 0.407 e. The lowest BCUT2D eigenvalue weighted by atomic mass is 10.2. The molecule has 0 heterocycles. The summed E-state index contributed by atoms with van der Waals surface area (Å²) in [4.78, 5) is 22.2. The fraction of sp³-hybridized carbons (Fsp3) is 0.533. The van der Waals surface area contributed by atoms with Crippen molar-refractivity contribution in [3.05, 3.63) is 28.3 Å². The summed E-state index contributed by atoms with van der Waals surface area (Å²) < 4.78 is 10.1. The zero-order valence-corrected chi connectivity index (χ0v) is 14.0. The first-order valence-electron chi connectivity index (χ1n) is 7.18. The molecule has 1 aromatic rings. The van der Waals surface area contributed by atoms with Gasteiger partial charge < -0.3 is 20.1 Å². The third-order valence-electron chi connectivity index (χ3n) is 2.75. The molecule has 8 nitrogen and oxygen atoms in total. The summed E-state index contributed by atoms with van der Waals surface area (Å²) in [5.74, 6) is 0.404. The Morgan fingerprint density at radius 2 is 2.04 bits per heavy atom. The number of methoxy groups -OCH3 is 1. The fourth-order valence-corrected chi connectivity index (χ4v) is 1.78. The van der Waals surface area contributed by atoms with Crippen molar-refractivity contribution < 1.29 is 19.2 Å². The minimum atomic E-state index is -0.574. The van der Waals surface area contributed by atoms with Crippen molar-refractivity contribution in [2.45, 2.75) is 39.3 Å². The average molecular weight is 325 g/mol. The summed E-state index contributed by atoms with van der Waals surface area (Å²) in [5.41, 5.74) is -0.307. The van der Waals surface area contributed by atoms with Gasteiger partial charge in [0.2, 0.25) is 0 Å². The van der Waals surface area contributed by atoms with E-state index in [9.17, 15) is 14.9 Å². The Bertz CT molecular complexity index is 569. The Labute approximate surface area is 135 Å². The minimum absolute atomic E-state index is 0.0894. The van der Waals surface area contributed by atoms with Crippen LogP contribution in [0.1, 0.15) is 27.7 Å². The summed E-state index contributed by atoms with van der Waals surface area (Å²) in [6, 6.07) is 4.32. The fourth-order valence-electron chi connectivity index (χ4n) is 1.78. The van der Waals surface area contributed by atoms with Crippen molar-refractivity contribution in [2.24, 2.45) is 0 Å². The molecule has 0 spiro atoms.